The van der Waals surface area contributed by atoms with E-state index < -0.39 is 9.84 Å². The molecule has 1 N–H and O–H groups in total. The van der Waals surface area contributed by atoms with Gasteiger partial charge in [-0.25, -0.2) is 8.42 Å². The van der Waals surface area contributed by atoms with E-state index in [1.807, 2.05) is 0 Å². The van der Waals surface area contributed by atoms with E-state index in [1.54, 1.807) is 6.08 Å². The average molecular weight is 245 g/mol. The molecule has 94 valence electrons. The quantitative estimate of drug-likeness (QED) is 0.779. The summed E-state index contributed by atoms with van der Waals surface area (Å²) in [5.41, 5.74) is 0. The molecular weight excluding hydrogens is 222 g/mol. The molecule has 1 aliphatic rings. The van der Waals surface area contributed by atoms with Crippen molar-refractivity contribution >= 4 is 9.84 Å². The maximum atomic E-state index is 11.3. The first-order valence-electron chi connectivity index (χ1n) is 6.13. The van der Waals surface area contributed by atoms with Gasteiger partial charge in [0, 0.05) is 17.5 Å². The summed E-state index contributed by atoms with van der Waals surface area (Å²) in [5.74, 6) is 0.920. The molecule has 0 spiro atoms. The van der Waals surface area contributed by atoms with Gasteiger partial charge in [-0.15, -0.1) is 0 Å². The highest BCUT2D eigenvalue weighted by Crippen LogP contribution is 2.15. The van der Waals surface area contributed by atoms with Crippen LogP contribution in [0.15, 0.2) is 11.5 Å². The molecule has 0 aromatic heterocycles. The van der Waals surface area contributed by atoms with Crippen LogP contribution in [0.2, 0.25) is 0 Å². The molecule has 0 amide bonds. The lowest BCUT2D eigenvalue weighted by Gasteiger charge is -2.23. The Bertz CT molecular complexity index is 335. The fourth-order valence-corrected chi connectivity index (χ4v) is 3.24. The second-order valence-electron chi connectivity index (χ2n) is 4.79. The number of hydrogen-bond donors (Lipinski definition) is 1. The second kappa shape index (κ2) is 5.82. The molecule has 0 aromatic rings. The molecule has 3 unspecified atom stereocenters. The summed E-state index contributed by atoms with van der Waals surface area (Å²) in [5, 5.41) is 4.75. The molecule has 0 saturated carbocycles. The van der Waals surface area contributed by atoms with Gasteiger partial charge in [-0.2, -0.15) is 0 Å². The van der Waals surface area contributed by atoms with Gasteiger partial charge >= 0.3 is 0 Å². The normalized spacial score (nSPS) is 26.8. The predicted octanol–water partition coefficient (Wildman–Crippen LogP) is 2.10. The standard InChI is InChI=1S/C12H23NO2S/c1-4-10(3)8-11(5-2)13-12-6-7-16(14,15)9-12/h6-7,10-13H,4-5,8-9H2,1-3H3. The molecule has 0 saturated heterocycles. The van der Waals surface area contributed by atoms with Gasteiger partial charge in [-0.3, -0.25) is 0 Å². The monoisotopic (exact) mass is 245 g/mol. The van der Waals surface area contributed by atoms with Crippen molar-refractivity contribution in [3.05, 3.63) is 11.5 Å². The minimum atomic E-state index is -2.93. The van der Waals surface area contributed by atoms with Gasteiger partial charge in [0.1, 0.15) is 0 Å². The lowest BCUT2D eigenvalue weighted by molar-refractivity contribution is 0.375. The van der Waals surface area contributed by atoms with Crippen LogP contribution in [0.25, 0.3) is 0 Å². The molecule has 0 aliphatic carbocycles. The van der Waals surface area contributed by atoms with E-state index in [0.717, 1.165) is 12.8 Å². The van der Waals surface area contributed by atoms with Crippen LogP contribution < -0.4 is 5.32 Å². The third-order valence-electron chi connectivity index (χ3n) is 3.26. The van der Waals surface area contributed by atoms with E-state index in [4.69, 9.17) is 0 Å². The van der Waals surface area contributed by atoms with Crippen molar-refractivity contribution < 1.29 is 8.42 Å². The number of sulfone groups is 1. The third kappa shape index (κ3) is 4.26. The van der Waals surface area contributed by atoms with Gasteiger partial charge in [0.15, 0.2) is 9.84 Å². The van der Waals surface area contributed by atoms with Crippen LogP contribution in [0, 0.1) is 5.92 Å². The highest BCUT2D eigenvalue weighted by Gasteiger charge is 2.23. The Kier molecular flexibility index (Phi) is 4.99. The minimum absolute atomic E-state index is 0.0130. The van der Waals surface area contributed by atoms with Gasteiger partial charge in [0.25, 0.3) is 0 Å². The molecule has 3 nitrogen and oxygen atoms in total. The van der Waals surface area contributed by atoms with E-state index in [2.05, 4.69) is 26.1 Å². The highest BCUT2D eigenvalue weighted by atomic mass is 32.2. The second-order valence-corrected chi connectivity index (χ2v) is 6.72. The first kappa shape index (κ1) is 13.7. The summed E-state index contributed by atoms with van der Waals surface area (Å²) in [6.45, 7) is 6.58. The molecule has 0 bridgehead atoms. The van der Waals surface area contributed by atoms with Crippen molar-refractivity contribution in [1.82, 2.24) is 5.32 Å². The van der Waals surface area contributed by atoms with Crippen molar-refractivity contribution in [2.45, 2.75) is 52.1 Å². The van der Waals surface area contributed by atoms with Gasteiger partial charge in [-0.1, -0.05) is 33.3 Å². The lowest BCUT2D eigenvalue weighted by atomic mass is 9.97. The van der Waals surface area contributed by atoms with Crippen molar-refractivity contribution in [1.29, 1.82) is 0 Å². The van der Waals surface area contributed by atoms with E-state index in [9.17, 15) is 8.42 Å². The van der Waals surface area contributed by atoms with E-state index in [-0.39, 0.29) is 11.8 Å². The van der Waals surface area contributed by atoms with Crippen LogP contribution in [0.5, 0.6) is 0 Å². The van der Waals surface area contributed by atoms with E-state index in [1.165, 1.54) is 11.8 Å². The summed E-state index contributed by atoms with van der Waals surface area (Å²) in [4.78, 5) is 0. The summed E-state index contributed by atoms with van der Waals surface area (Å²) in [6, 6.07) is 0.442. The zero-order chi connectivity index (χ0) is 12.2. The molecule has 4 heteroatoms. The highest BCUT2D eigenvalue weighted by molar-refractivity contribution is 7.94. The molecule has 3 atom stereocenters. The Morgan fingerprint density at radius 1 is 1.38 bits per heavy atom. The van der Waals surface area contributed by atoms with Crippen molar-refractivity contribution in [3.8, 4) is 0 Å². The average Bonchev–Trinajstić information content (AvgIpc) is 2.56. The summed E-state index contributed by atoms with van der Waals surface area (Å²) >= 11 is 0. The fraction of sp³-hybridized carbons (Fsp3) is 0.833. The number of hydrogen-bond acceptors (Lipinski definition) is 3. The minimum Gasteiger partial charge on any atom is -0.307 e. The molecule has 0 radical (unpaired) electrons. The number of nitrogens with one attached hydrogen (secondary N) is 1. The lowest BCUT2D eigenvalue weighted by Crippen LogP contribution is -2.39. The maximum Gasteiger partial charge on any atom is 0.173 e. The molecule has 1 rings (SSSR count). The van der Waals surface area contributed by atoms with Crippen LogP contribution in [0.1, 0.15) is 40.0 Å². The summed E-state index contributed by atoms with van der Waals surface area (Å²) in [7, 11) is -2.93. The van der Waals surface area contributed by atoms with Gasteiger partial charge in [0.2, 0.25) is 0 Å². The Hall–Kier alpha value is -0.350. The van der Waals surface area contributed by atoms with Crippen LogP contribution in [-0.4, -0.2) is 26.3 Å². The van der Waals surface area contributed by atoms with Crippen LogP contribution in [-0.2, 0) is 9.84 Å². The van der Waals surface area contributed by atoms with Crippen LogP contribution in [0.3, 0.4) is 0 Å². The zero-order valence-corrected chi connectivity index (χ0v) is 11.3. The molecule has 1 aliphatic heterocycles. The first-order valence-corrected chi connectivity index (χ1v) is 7.85. The smallest absolute Gasteiger partial charge is 0.173 e. The largest absolute Gasteiger partial charge is 0.307 e. The fourth-order valence-electron chi connectivity index (χ4n) is 1.99. The Balaban J connectivity index is 2.43. The van der Waals surface area contributed by atoms with Crippen LogP contribution in [0.4, 0.5) is 0 Å². The van der Waals surface area contributed by atoms with Gasteiger partial charge in [-0.05, 0) is 18.8 Å². The maximum absolute atomic E-state index is 11.3. The molecule has 16 heavy (non-hydrogen) atoms. The Morgan fingerprint density at radius 2 is 2.06 bits per heavy atom. The van der Waals surface area contributed by atoms with E-state index in [0.29, 0.717) is 12.0 Å². The Morgan fingerprint density at radius 3 is 2.50 bits per heavy atom. The zero-order valence-electron chi connectivity index (χ0n) is 10.4. The molecule has 1 heterocycles. The first-order chi connectivity index (χ1) is 7.46. The van der Waals surface area contributed by atoms with Crippen molar-refractivity contribution in [2.75, 3.05) is 5.75 Å². The predicted molar refractivity (Wildman–Crippen MR) is 68.0 cm³/mol. The van der Waals surface area contributed by atoms with Crippen LogP contribution >= 0.6 is 0 Å². The molecule has 0 fully saturated rings. The number of rotatable bonds is 6. The van der Waals surface area contributed by atoms with Crippen molar-refractivity contribution in [2.24, 2.45) is 5.92 Å². The molecule has 0 aromatic carbocycles. The molecular formula is C12H23NO2S. The topological polar surface area (TPSA) is 46.2 Å². The SMILES string of the molecule is CCC(C)CC(CC)NC1C=CS(=O)(=O)C1. The van der Waals surface area contributed by atoms with Crippen molar-refractivity contribution in [3.63, 3.8) is 0 Å². The summed E-state index contributed by atoms with van der Waals surface area (Å²) in [6.07, 6.45) is 5.12. The van der Waals surface area contributed by atoms with Gasteiger partial charge < -0.3 is 5.32 Å². The Labute approximate surface area is 99.2 Å². The third-order valence-corrected chi connectivity index (χ3v) is 4.65. The van der Waals surface area contributed by atoms with Gasteiger partial charge in [0.05, 0.1) is 5.75 Å². The summed E-state index contributed by atoms with van der Waals surface area (Å²) < 4.78 is 22.5. The van der Waals surface area contributed by atoms with E-state index >= 15 is 0 Å².